The lowest BCUT2D eigenvalue weighted by atomic mass is 9.96. The molecule has 0 spiro atoms. The zero-order valence-corrected chi connectivity index (χ0v) is 11.9. The van der Waals surface area contributed by atoms with Crippen molar-refractivity contribution in [3.05, 3.63) is 0 Å². The van der Waals surface area contributed by atoms with Gasteiger partial charge in [0.25, 0.3) is 0 Å². The van der Waals surface area contributed by atoms with Crippen LogP contribution in [0.25, 0.3) is 0 Å². The van der Waals surface area contributed by atoms with Crippen LogP contribution < -0.4 is 10.0 Å². The van der Waals surface area contributed by atoms with Crippen LogP contribution in [0.3, 0.4) is 0 Å². The van der Waals surface area contributed by atoms with Crippen molar-refractivity contribution in [1.29, 1.82) is 0 Å². The van der Waals surface area contributed by atoms with E-state index in [2.05, 4.69) is 10.0 Å². The Morgan fingerprint density at radius 3 is 2.47 bits per heavy atom. The third-order valence-corrected chi connectivity index (χ3v) is 5.14. The number of piperidine rings is 1. The van der Waals surface area contributed by atoms with Crippen molar-refractivity contribution in [2.24, 2.45) is 0 Å². The first-order valence-electron chi connectivity index (χ1n) is 6.44. The zero-order valence-electron chi connectivity index (χ0n) is 11.1. The molecule has 1 heterocycles. The molecule has 0 aromatic heterocycles. The summed E-state index contributed by atoms with van der Waals surface area (Å²) in [6, 6.07) is -1.75. The summed E-state index contributed by atoms with van der Waals surface area (Å²) in [5.74, 6) is 0. The highest BCUT2D eigenvalue weighted by Gasteiger charge is 2.41. The number of nitrogens with one attached hydrogen (secondary N) is 2. The lowest BCUT2D eigenvalue weighted by Crippen LogP contribution is -2.51. The monoisotopic (exact) mass is 302 g/mol. The molecule has 8 heteroatoms. The van der Waals surface area contributed by atoms with Crippen molar-refractivity contribution < 1.29 is 21.6 Å². The summed E-state index contributed by atoms with van der Waals surface area (Å²) in [6.45, 7) is 3.28. The van der Waals surface area contributed by atoms with Gasteiger partial charge in [0.05, 0.1) is 5.25 Å². The molecule has 0 aromatic rings. The number of alkyl halides is 3. The standard InChI is InChI=1S/C11H21F3N2O2S/c1-8(2)19(17,18)15-7-6-9-4-3-5-10(16-9)11(12,13)14/h8-10,15-16H,3-7H2,1-2H3. The fraction of sp³-hybridized carbons (Fsp3) is 1.00. The quantitative estimate of drug-likeness (QED) is 0.814. The molecule has 4 nitrogen and oxygen atoms in total. The van der Waals surface area contributed by atoms with Crippen LogP contribution in [0.5, 0.6) is 0 Å². The van der Waals surface area contributed by atoms with E-state index >= 15 is 0 Å². The van der Waals surface area contributed by atoms with Crippen LogP contribution in [-0.2, 0) is 10.0 Å². The van der Waals surface area contributed by atoms with Crippen LogP contribution in [-0.4, -0.2) is 38.5 Å². The van der Waals surface area contributed by atoms with Crippen molar-refractivity contribution in [2.75, 3.05) is 6.54 Å². The second kappa shape index (κ2) is 6.41. The summed E-state index contributed by atoms with van der Waals surface area (Å²) >= 11 is 0. The molecule has 1 saturated heterocycles. The van der Waals surface area contributed by atoms with Crippen molar-refractivity contribution in [1.82, 2.24) is 10.0 Å². The van der Waals surface area contributed by atoms with Crippen molar-refractivity contribution >= 4 is 10.0 Å². The van der Waals surface area contributed by atoms with Crippen LogP contribution in [0.1, 0.15) is 39.5 Å². The summed E-state index contributed by atoms with van der Waals surface area (Å²) < 4.78 is 63.1. The Hall–Kier alpha value is -0.340. The number of hydrogen-bond donors (Lipinski definition) is 2. The molecule has 0 saturated carbocycles. The predicted octanol–water partition coefficient (Wildman–Crippen LogP) is 1.78. The SMILES string of the molecule is CC(C)S(=O)(=O)NCCC1CCCC(C(F)(F)F)N1. The van der Waals surface area contributed by atoms with E-state index < -0.39 is 27.5 Å². The fourth-order valence-electron chi connectivity index (χ4n) is 2.05. The molecule has 1 rings (SSSR count). The molecule has 1 aliphatic heterocycles. The average molecular weight is 302 g/mol. The van der Waals surface area contributed by atoms with Gasteiger partial charge in [-0.1, -0.05) is 6.42 Å². The Balaban J connectivity index is 2.38. The Kier molecular flexibility index (Phi) is 5.64. The fourth-order valence-corrected chi connectivity index (χ4v) is 2.78. The van der Waals surface area contributed by atoms with Crippen molar-refractivity contribution in [2.45, 2.75) is 63.0 Å². The third-order valence-electron chi connectivity index (χ3n) is 3.29. The molecule has 2 unspecified atom stereocenters. The first-order chi connectivity index (χ1) is 8.63. The van der Waals surface area contributed by atoms with Gasteiger partial charge in [-0.2, -0.15) is 13.2 Å². The van der Waals surface area contributed by atoms with Gasteiger partial charge in [-0.15, -0.1) is 0 Å². The first-order valence-corrected chi connectivity index (χ1v) is 7.99. The Morgan fingerprint density at radius 1 is 1.32 bits per heavy atom. The highest BCUT2D eigenvalue weighted by molar-refractivity contribution is 7.90. The number of hydrogen-bond acceptors (Lipinski definition) is 3. The van der Waals surface area contributed by atoms with Gasteiger partial charge >= 0.3 is 6.18 Å². The summed E-state index contributed by atoms with van der Waals surface area (Å²) in [6.07, 6.45) is -2.60. The van der Waals surface area contributed by atoms with E-state index in [1.807, 2.05) is 0 Å². The van der Waals surface area contributed by atoms with E-state index in [4.69, 9.17) is 0 Å². The van der Waals surface area contributed by atoms with Crippen molar-refractivity contribution in [3.63, 3.8) is 0 Å². The molecule has 0 bridgehead atoms. The van der Waals surface area contributed by atoms with Crippen LogP contribution in [0.15, 0.2) is 0 Å². The molecule has 0 aliphatic carbocycles. The van der Waals surface area contributed by atoms with Gasteiger partial charge in [0.1, 0.15) is 6.04 Å². The summed E-state index contributed by atoms with van der Waals surface area (Å²) in [5.41, 5.74) is 0. The second-order valence-corrected chi connectivity index (χ2v) is 7.49. The molecular weight excluding hydrogens is 281 g/mol. The van der Waals surface area contributed by atoms with Crippen LogP contribution in [0.4, 0.5) is 13.2 Å². The normalized spacial score (nSPS) is 25.8. The van der Waals surface area contributed by atoms with E-state index in [0.717, 1.165) is 0 Å². The van der Waals surface area contributed by atoms with Crippen LogP contribution in [0.2, 0.25) is 0 Å². The Bertz CT molecular complexity index is 382. The summed E-state index contributed by atoms with van der Waals surface area (Å²) in [5, 5.41) is 2.02. The van der Waals surface area contributed by atoms with E-state index in [-0.39, 0.29) is 19.0 Å². The first kappa shape index (κ1) is 16.7. The minimum atomic E-state index is -4.23. The summed E-state index contributed by atoms with van der Waals surface area (Å²) in [4.78, 5) is 0. The molecular formula is C11H21F3N2O2S. The molecule has 19 heavy (non-hydrogen) atoms. The molecule has 1 aliphatic rings. The molecule has 1 fully saturated rings. The number of halogens is 3. The van der Waals surface area contributed by atoms with Gasteiger partial charge < -0.3 is 5.32 Å². The summed E-state index contributed by atoms with van der Waals surface area (Å²) in [7, 11) is -3.34. The Labute approximate surface area is 112 Å². The van der Waals surface area contributed by atoms with E-state index in [1.165, 1.54) is 0 Å². The maximum atomic E-state index is 12.6. The zero-order chi connectivity index (χ0) is 14.7. The smallest absolute Gasteiger partial charge is 0.303 e. The number of sulfonamides is 1. The maximum absolute atomic E-state index is 12.6. The van der Waals surface area contributed by atoms with Crippen LogP contribution in [0, 0.1) is 0 Å². The minimum absolute atomic E-state index is 0.0950. The van der Waals surface area contributed by atoms with Crippen molar-refractivity contribution in [3.8, 4) is 0 Å². The highest BCUT2D eigenvalue weighted by atomic mass is 32.2. The molecule has 2 N–H and O–H groups in total. The molecule has 0 amide bonds. The van der Waals surface area contributed by atoms with Gasteiger partial charge in [-0.25, -0.2) is 13.1 Å². The van der Waals surface area contributed by atoms with E-state index in [0.29, 0.717) is 19.3 Å². The maximum Gasteiger partial charge on any atom is 0.403 e. The lowest BCUT2D eigenvalue weighted by Gasteiger charge is -2.32. The van der Waals surface area contributed by atoms with Gasteiger partial charge in [0, 0.05) is 12.6 Å². The molecule has 114 valence electrons. The van der Waals surface area contributed by atoms with Gasteiger partial charge in [-0.3, -0.25) is 0 Å². The third kappa shape index (κ3) is 5.27. The van der Waals surface area contributed by atoms with E-state index in [1.54, 1.807) is 13.8 Å². The topological polar surface area (TPSA) is 58.2 Å². The minimum Gasteiger partial charge on any atom is -0.303 e. The number of rotatable bonds is 5. The lowest BCUT2D eigenvalue weighted by molar-refractivity contribution is -0.163. The van der Waals surface area contributed by atoms with Gasteiger partial charge in [0.15, 0.2) is 0 Å². The molecule has 2 atom stereocenters. The van der Waals surface area contributed by atoms with E-state index in [9.17, 15) is 21.6 Å². The molecule has 0 radical (unpaired) electrons. The highest BCUT2D eigenvalue weighted by Crippen LogP contribution is 2.28. The predicted molar refractivity (Wildman–Crippen MR) is 67.3 cm³/mol. The van der Waals surface area contributed by atoms with Gasteiger partial charge in [0.2, 0.25) is 10.0 Å². The average Bonchev–Trinajstić information content (AvgIpc) is 2.28. The van der Waals surface area contributed by atoms with Gasteiger partial charge in [-0.05, 0) is 33.1 Å². The second-order valence-electron chi connectivity index (χ2n) is 5.17. The largest absolute Gasteiger partial charge is 0.403 e. The molecule has 0 aromatic carbocycles. The van der Waals surface area contributed by atoms with Crippen LogP contribution >= 0.6 is 0 Å². The Morgan fingerprint density at radius 2 is 1.95 bits per heavy atom.